The number of fused-ring (bicyclic) bond motifs is 1. The number of carbonyl (C=O) groups excluding carboxylic acids is 5. The molecule has 0 bridgehead atoms. The van der Waals surface area contributed by atoms with E-state index in [4.69, 9.17) is 5.73 Å². The molecule has 0 spiro atoms. The lowest BCUT2D eigenvalue weighted by atomic mass is 9.73. The average molecular weight is 724 g/mol. The molecule has 1 aliphatic carbocycles. The fraction of sp³-hybridized carbons (Fsp3) is 0.528. The van der Waals surface area contributed by atoms with E-state index in [1.54, 1.807) is 12.1 Å². The number of benzene rings is 1. The number of carbonyl (C=O) groups is 5. The van der Waals surface area contributed by atoms with Gasteiger partial charge in [0.15, 0.2) is 12.0 Å². The number of hydrogen-bond acceptors (Lipinski definition) is 10. The standard InChI is InChI=1S/C18H26F2N6O.C18H21N3O4/c1-17(2)5-14-13(4-18(17,19)20)15(25-24-14)16(27)23-12(6-21)8-22-7-11-9-26(3)10-11;1-20(15-6-7-16(23)19-17(15)24)18(25)14-10-13(5-4-12(14)11-22)21-8-2-3-9-21/h6,8,11H,4-5,7,9-10,21H2,1-3H3,(H,23,27)(H,24,25);4-5,10-11,15H,2-3,6-9H2,1H3,(H,19,23,24)/b12-6+,22-8?;. The van der Waals surface area contributed by atoms with Crippen LogP contribution in [0.4, 0.5) is 14.5 Å². The van der Waals surface area contributed by atoms with E-state index in [0.717, 1.165) is 44.7 Å². The van der Waals surface area contributed by atoms with Gasteiger partial charge in [-0.1, -0.05) is 13.8 Å². The SMILES string of the molecule is CN(C(=O)c1cc(N2CCCC2)ccc1C=O)C1CCC(=O)NC1=O.CN1CC(CN=C/C(=C\N)NC(=O)c2n[nH]c3c2CC(F)(F)C(C)(C)C3)C1. The summed E-state index contributed by atoms with van der Waals surface area (Å²) in [5.74, 6) is -4.18. The number of allylic oxidation sites excluding steroid dienone is 1. The predicted octanol–water partition coefficient (Wildman–Crippen LogP) is 2.31. The number of anilines is 1. The minimum Gasteiger partial charge on any atom is -0.403 e. The summed E-state index contributed by atoms with van der Waals surface area (Å²) in [7, 11) is 3.57. The molecule has 0 radical (unpaired) electrons. The number of likely N-dealkylation sites (N-methyl/N-ethyl adjacent to an activating group) is 1. The van der Waals surface area contributed by atoms with Crippen LogP contribution in [-0.2, 0) is 22.4 Å². The second-order valence-corrected chi connectivity index (χ2v) is 14.6. The Bertz CT molecular complexity index is 1760. The molecule has 4 amide bonds. The van der Waals surface area contributed by atoms with Gasteiger partial charge in [-0.15, -0.1) is 0 Å². The van der Waals surface area contributed by atoms with E-state index in [9.17, 15) is 32.8 Å². The Morgan fingerprint density at radius 3 is 2.52 bits per heavy atom. The Kier molecular flexibility index (Phi) is 11.6. The molecule has 3 aliphatic heterocycles. The number of alkyl halides is 2. The molecule has 5 N–H and O–H groups in total. The Morgan fingerprint density at radius 2 is 1.88 bits per heavy atom. The molecule has 1 unspecified atom stereocenters. The van der Waals surface area contributed by atoms with Crippen LogP contribution < -0.4 is 21.3 Å². The summed E-state index contributed by atoms with van der Waals surface area (Å²) in [6.07, 6.45) is 5.69. The average Bonchev–Trinajstić information content (AvgIpc) is 3.77. The van der Waals surface area contributed by atoms with Crippen molar-refractivity contribution < 1.29 is 32.8 Å². The number of nitrogens with two attached hydrogens (primary N) is 1. The number of aliphatic imine (C=N–C) groups is 1. The molecule has 52 heavy (non-hydrogen) atoms. The highest BCUT2D eigenvalue weighted by Gasteiger charge is 2.51. The van der Waals surface area contributed by atoms with Crippen molar-refractivity contribution in [1.82, 2.24) is 30.6 Å². The Labute approximate surface area is 301 Å². The van der Waals surface area contributed by atoms with E-state index in [2.05, 4.69) is 35.6 Å². The number of imide groups is 1. The molecular weight excluding hydrogens is 676 g/mol. The van der Waals surface area contributed by atoms with Gasteiger partial charge < -0.3 is 25.8 Å². The summed E-state index contributed by atoms with van der Waals surface area (Å²) < 4.78 is 28.8. The zero-order valence-electron chi connectivity index (χ0n) is 30.0. The van der Waals surface area contributed by atoms with Gasteiger partial charge in [0.25, 0.3) is 17.7 Å². The number of halogens is 2. The van der Waals surface area contributed by atoms with Gasteiger partial charge in [-0.3, -0.25) is 39.4 Å². The van der Waals surface area contributed by atoms with Crippen molar-refractivity contribution in [2.45, 2.75) is 64.3 Å². The van der Waals surface area contributed by atoms with Crippen molar-refractivity contribution in [2.75, 3.05) is 51.7 Å². The molecule has 1 aromatic carbocycles. The highest BCUT2D eigenvalue weighted by atomic mass is 19.3. The van der Waals surface area contributed by atoms with Crippen LogP contribution in [0.25, 0.3) is 0 Å². The third-order valence-electron chi connectivity index (χ3n) is 10.2. The Morgan fingerprint density at radius 1 is 1.17 bits per heavy atom. The molecule has 1 aromatic heterocycles. The number of piperidine rings is 1. The molecule has 6 rings (SSSR count). The Balaban J connectivity index is 0.000000202. The maximum Gasteiger partial charge on any atom is 0.276 e. The lowest BCUT2D eigenvalue weighted by molar-refractivity contribution is -0.136. The lowest BCUT2D eigenvalue weighted by Crippen LogP contribution is -2.53. The van der Waals surface area contributed by atoms with Crippen molar-refractivity contribution in [3.63, 3.8) is 0 Å². The van der Waals surface area contributed by atoms with Gasteiger partial charge in [-0.05, 0) is 44.5 Å². The van der Waals surface area contributed by atoms with Gasteiger partial charge in [-0.25, -0.2) is 8.78 Å². The van der Waals surface area contributed by atoms with Gasteiger partial charge in [0.05, 0.1) is 11.3 Å². The van der Waals surface area contributed by atoms with Gasteiger partial charge in [0.2, 0.25) is 11.8 Å². The molecule has 2 aromatic rings. The minimum atomic E-state index is -2.91. The molecule has 16 heteroatoms. The van der Waals surface area contributed by atoms with Crippen molar-refractivity contribution in [1.29, 1.82) is 0 Å². The summed E-state index contributed by atoms with van der Waals surface area (Å²) in [6.45, 7) is 7.53. The molecule has 0 saturated carbocycles. The fourth-order valence-electron chi connectivity index (χ4n) is 6.90. The van der Waals surface area contributed by atoms with Gasteiger partial charge in [0, 0.05) is 105 Å². The number of aldehydes is 1. The van der Waals surface area contributed by atoms with Crippen LogP contribution in [-0.4, -0.2) is 115 Å². The summed E-state index contributed by atoms with van der Waals surface area (Å²) in [5, 5.41) is 11.6. The highest BCUT2D eigenvalue weighted by Crippen LogP contribution is 2.46. The summed E-state index contributed by atoms with van der Waals surface area (Å²) in [6, 6.07) is 4.50. The van der Waals surface area contributed by atoms with E-state index in [1.807, 2.05) is 13.1 Å². The number of nitrogens with one attached hydrogen (secondary N) is 3. The Hall–Kier alpha value is -4.99. The normalized spacial score (nSPS) is 21.5. The van der Waals surface area contributed by atoms with Crippen LogP contribution in [0.1, 0.15) is 82.0 Å². The predicted molar refractivity (Wildman–Crippen MR) is 190 cm³/mol. The van der Waals surface area contributed by atoms with E-state index in [-0.39, 0.29) is 42.0 Å². The van der Waals surface area contributed by atoms with E-state index in [0.29, 0.717) is 35.7 Å². The molecule has 280 valence electrons. The van der Waals surface area contributed by atoms with E-state index < -0.39 is 41.5 Å². The number of likely N-dealkylation sites (tertiary alicyclic amines) is 1. The smallest absolute Gasteiger partial charge is 0.276 e. The third-order valence-corrected chi connectivity index (χ3v) is 10.2. The second kappa shape index (κ2) is 15.7. The maximum absolute atomic E-state index is 14.4. The van der Waals surface area contributed by atoms with Gasteiger partial charge in [-0.2, -0.15) is 5.10 Å². The van der Waals surface area contributed by atoms with Crippen LogP contribution >= 0.6 is 0 Å². The minimum absolute atomic E-state index is 0.0199. The number of nitrogens with zero attached hydrogens (tertiary/aromatic N) is 5. The summed E-state index contributed by atoms with van der Waals surface area (Å²) in [4.78, 5) is 70.1. The van der Waals surface area contributed by atoms with Crippen molar-refractivity contribution >= 4 is 41.8 Å². The highest BCUT2D eigenvalue weighted by molar-refractivity contribution is 6.06. The number of rotatable bonds is 9. The first-order valence-corrected chi connectivity index (χ1v) is 17.4. The number of aromatic amines is 1. The quantitative estimate of drug-likeness (QED) is 0.171. The second-order valence-electron chi connectivity index (χ2n) is 14.6. The zero-order valence-corrected chi connectivity index (χ0v) is 30.0. The van der Waals surface area contributed by atoms with Crippen molar-refractivity contribution in [2.24, 2.45) is 22.1 Å². The van der Waals surface area contributed by atoms with Crippen LogP contribution in [0, 0.1) is 11.3 Å². The van der Waals surface area contributed by atoms with Crippen molar-refractivity contribution in [3.8, 4) is 0 Å². The first-order valence-electron chi connectivity index (χ1n) is 17.4. The molecule has 3 fully saturated rings. The number of aromatic nitrogens is 2. The monoisotopic (exact) mass is 723 g/mol. The maximum atomic E-state index is 14.4. The van der Waals surface area contributed by atoms with Gasteiger partial charge >= 0.3 is 0 Å². The first kappa shape index (κ1) is 38.2. The number of amides is 4. The largest absolute Gasteiger partial charge is 0.403 e. The van der Waals surface area contributed by atoms with Gasteiger partial charge in [0.1, 0.15) is 6.04 Å². The lowest BCUT2D eigenvalue weighted by Gasteiger charge is -2.37. The number of hydrogen-bond donors (Lipinski definition) is 4. The number of H-pyrrole nitrogens is 1. The molecule has 14 nitrogen and oxygen atoms in total. The molecule has 4 heterocycles. The van der Waals surface area contributed by atoms with Crippen LogP contribution in [0.2, 0.25) is 0 Å². The first-order chi connectivity index (χ1) is 24.6. The van der Waals surface area contributed by atoms with E-state index in [1.165, 1.54) is 38.2 Å². The molecule has 4 aliphatic rings. The third kappa shape index (κ3) is 8.38. The zero-order chi connectivity index (χ0) is 37.8. The van der Waals surface area contributed by atoms with Crippen LogP contribution in [0.5, 0.6) is 0 Å². The molecule has 1 atom stereocenters. The summed E-state index contributed by atoms with van der Waals surface area (Å²) >= 11 is 0. The van der Waals surface area contributed by atoms with Crippen molar-refractivity contribution in [3.05, 3.63) is 58.2 Å². The molecular formula is C36H47F2N9O5. The fourth-order valence-corrected chi connectivity index (χ4v) is 6.90. The molecule has 3 saturated heterocycles. The topological polar surface area (TPSA) is 186 Å². The van der Waals surface area contributed by atoms with Crippen LogP contribution in [0.3, 0.4) is 0 Å². The van der Waals surface area contributed by atoms with E-state index >= 15 is 0 Å². The summed E-state index contributed by atoms with van der Waals surface area (Å²) in [5.41, 5.74) is 6.99. The van der Waals surface area contributed by atoms with Crippen LogP contribution in [0.15, 0.2) is 35.1 Å².